The van der Waals surface area contributed by atoms with Crippen LogP contribution in [-0.2, 0) is 0 Å². The van der Waals surface area contributed by atoms with E-state index in [0.717, 1.165) is 11.3 Å². The molecule has 98 valence electrons. The topological polar surface area (TPSA) is 29.1 Å². The maximum Gasteiger partial charge on any atom is 0.257 e. The van der Waals surface area contributed by atoms with Gasteiger partial charge in [0, 0.05) is 10.7 Å². The Hall–Kier alpha value is -1.51. The fourth-order valence-corrected chi connectivity index (χ4v) is 2.06. The minimum Gasteiger partial charge on any atom is -0.322 e. The van der Waals surface area contributed by atoms with Crippen molar-refractivity contribution in [3.8, 4) is 0 Å². The maximum absolute atomic E-state index is 12.1. The lowest BCUT2D eigenvalue weighted by Gasteiger charge is -2.09. The van der Waals surface area contributed by atoms with Crippen LogP contribution in [0.1, 0.15) is 21.5 Å². The third-order valence-electron chi connectivity index (χ3n) is 2.94. The van der Waals surface area contributed by atoms with Crippen LogP contribution in [0.3, 0.4) is 0 Å². The Morgan fingerprint density at radius 1 is 1.00 bits per heavy atom. The largest absolute Gasteiger partial charge is 0.322 e. The Balaban J connectivity index is 2.25. The molecule has 0 spiro atoms. The predicted molar refractivity (Wildman–Crippen MR) is 80.3 cm³/mol. The van der Waals surface area contributed by atoms with E-state index in [1.807, 2.05) is 32.0 Å². The molecule has 0 atom stereocenters. The standard InChI is InChI=1S/C15H13Cl2NO/c1-9-3-5-12(7-10(9)2)18-15(19)13-8-11(16)4-6-14(13)17/h3-8H,1-2H3,(H,18,19). The number of hydrogen-bond donors (Lipinski definition) is 1. The molecule has 0 radical (unpaired) electrons. The van der Waals surface area contributed by atoms with Crippen LogP contribution in [0.2, 0.25) is 10.0 Å². The molecule has 2 aromatic rings. The summed E-state index contributed by atoms with van der Waals surface area (Å²) in [4.78, 5) is 12.1. The summed E-state index contributed by atoms with van der Waals surface area (Å²) in [6.07, 6.45) is 0. The summed E-state index contributed by atoms with van der Waals surface area (Å²) in [7, 11) is 0. The van der Waals surface area contributed by atoms with E-state index < -0.39 is 0 Å². The van der Waals surface area contributed by atoms with E-state index in [9.17, 15) is 4.79 Å². The first kappa shape index (κ1) is 13.9. The van der Waals surface area contributed by atoms with Crippen LogP contribution in [0.5, 0.6) is 0 Å². The Morgan fingerprint density at radius 3 is 2.42 bits per heavy atom. The van der Waals surface area contributed by atoms with Crippen LogP contribution >= 0.6 is 23.2 Å². The van der Waals surface area contributed by atoms with Crippen molar-refractivity contribution in [2.45, 2.75) is 13.8 Å². The molecular weight excluding hydrogens is 281 g/mol. The van der Waals surface area contributed by atoms with Gasteiger partial charge in [0.05, 0.1) is 10.6 Å². The van der Waals surface area contributed by atoms with Gasteiger partial charge in [0.25, 0.3) is 5.91 Å². The Morgan fingerprint density at radius 2 is 1.74 bits per heavy atom. The fourth-order valence-electron chi connectivity index (χ4n) is 1.69. The van der Waals surface area contributed by atoms with Gasteiger partial charge in [-0.3, -0.25) is 4.79 Å². The van der Waals surface area contributed by atoms with E-state index in [4.69, 9.17) is 23.2 Å². The number of aryl methyl sites for hydroxylation is 2. The van der Waals surface area contributed by atoms with Crippen molar-refractivity contribution in [3.05, 3.63) is 63.1 Å². The summed E-state index contributed by atoms with van der Waals surface area (Å²) in [5.74, 6) is -0.268. The molecule has 19 heavy (non-hydrogen) atoms. The molecule has 1 N–H and O–H groups in total. The number of benzene rings is 2. The second-order valence-corrected chi connectivity index (χ2v) is 5.22. The molecular formula is C15H13Cl2NO. The summed E-state index contributed by atoms with van der Waals surface area (Å²) in [6, 6.07) is 10.6. The highest BCUT2D eigenvalue weighted by Crippen LogP contribution is 2.22. The summed E-state index contributed by atoms with van der Waals surface area (Å²) < 4.78 is 0. The normalized spacial score (nSPS) is 10.3. The maximum atomic E-state index is 12.1. The van der Waals surface area contributed by atoms with Gasteiger partial charge in [-0.05, 0) is 55.3 Å². The molecule has 0 unspecified atom stereocenters. The number of carbonyl (C=O) groups is 1. The van der Waals surface area contributed by atoms with Crippen molar-refractivity contribution in [3.63, 3.8) is 0 Å². The van der Waals surface area contributed by atoms with Gasteiger partial charge in [-0.1, -0.05) is 29.3 Å². The molecule has 1 amide bonds. The molecule has 0 bridgehead atoms. The lowest BCUT2D eigenvalue weighted by Crippen LogP contribution is -2.12. The third-order valence-corrected chi connectivity index (χ3v) is 3.50. The summed E-state index contributed by atoms with van der Waals surface area (Å²) >= 11 is 11.9. The van der Waals surface area contributed by atoms with Crippen molar-refractivity contribution in [1.82, 2.24) is 0 Å². The van der Waals surface area contributed by atoms with Gasteiger partial charge in [-0.25, -0.2) is 0 Å². The number of hydrogen-bond acceptors (Lipinski definition) is 1. The van der Waals surface area contributed by atoms with Gasteiger partial charge >= 0.3 is 0 Å². The summed E-state index contributed by atoms with van der Waals surface area (Å²) in [6.45, 7) is 4.02. The number of rotatable bonds is 2. The SMILES string of the molecule is Cc1ccc(NC(=O)c2cc(Cl)ccc2Cl)cc1C. The molecule has 0 aliphatic heterocycles. The molecule has 0 aliphatic carbocycles. The monoisotopic (exact) mass is 293 g/mol. The lowest BCUT2D eigenvalue weighted by atomic mass is 10.1. The fraction of sp³-hybridized carbons (Fsp3) is 0.133. The van der Waals surface area contributed by atoms with Crippen molar-refractivity contribution in [1.29, 1.82) is 0 Å². The van der Waals surface area contributed by atoms with Gasteiger partial charge in [0.2, 0.25) is 0 Å². The Labute approximate surface area is 122 Å². The second kappa shape index (κ2) is 5.64. The van der Waals surface area contributed by atoms with E-state index in [0.29, 0.717) is 15.6 Å². The molecule has 0 aliphatic rings. The van der Waals surface area contributed by atoms with Crippen LogP contribution in [0.25, 0.3) is 0 Å². The first-order valence-electron chi connectivity index (χ1n) is 5.81. The molecule has 0 saturated heterocycles. The zero-order valence-electron chi connectivity index (χ0n) is 10.6. The summed E-state index contributed by atoms with van der Waals surface area (Å²) in [5, 5.41) is 3.67. The number of anilines is 1. The van der Waals surface area contributed by atoms with Gasteiger partial charge in [-0.15, -0.1) is 0 Å². The molecule has 4 heteroatoms. The number of nitrogens with one attached hydrogen (secondary N) is 1. The molecule has 0 heterocycles. The molecule has 2 nitrogen and oxygen atoms in total. The highest BCUT2D eigenvalue weighted by Gasteiger charge is 2.11. The predicted octanol–water partition coefficient (Wildman–Crippen LogP) is 4.86. The van der Waals surface area contributed by atoms with Crippen molar-refractivity contribution in [2.24, 2.45) is 0 Å². The zero-order valence-corrected chi connectivity index (χ0v) is 12.1. The minimum atomic E-state index is -0.268. The van der Waals surface area contributed by atoms with Crippen LogP contribution in [0.4, 0.5) is 5.69 Å². The van der Waals surface area contributed by atoms with E-state index in [1.165, 1.54) is 5.56 Å². The van der Waals surface area contributed by atoms with Crippen molar-refractivity contribution >= 4 is 34.8 Å². The van der Waals surface area contributed by atoms with Gasteiger partial charge < -0.3 is 5.32 Å². The third kappa shape index (κ3) is 3.28. The Bertz CT molecular complexity index is 638. The number of amides is 1. The smallest absolute Gasteiger partial charge is 0.257 e. The first-order chi connectivity index (χ1) is 8.97. The summed E-state index contributed by atoms with van der Waals surface area (Å²) in [5.41, 5.74) is 3.41. The number of carbonyl (C=O) groups excluding carboxylic acids is 1. The van der Waals surface area contributed by atoms with Gasteiger partial charge in [0.1, 0.15) is 0 Å². The second-order valence-electron chi connectivity index (χ2n) is 4.38. The van der Waals surface area contributed by atoms with Gasteiger partial charge in [0.15, 0.2) is 0 Å². The van der Waals surface area contributed by atoms with Crippen LogP contribution < -0.4 is 5.32 Å². The molecule has 0 fully saturated rings. The zero-order chi connectivity index (χ0) is 14.0. The molecule has 2 aromatic carbocycles. The van der Waals surface area contributed by atoms with Crippen LogP contribution in [-0.4, -0.2) is 5.91 Å². The highest BCUT2D eigenvalue weighted by atomic mass is 35.5. The quantitative estimate of drug-likeness (QED) is 0.841. The minimum absolute atomic E-state index is 0.268. The van der Waals surface area contributed by atoms with Crippen LogP contribution in [0, 0.1) is 13.8 Å². The highest BCUT2D eigenvalue weighted by molar-refractivity contribution is 6.36. The van der Waals surface area contributed by atoms with E-state index >= 15 is 0 Å². The lowest BCUT2D eigenvalue weighted by molar-refractivity contribution is 0.102. The molecule has 0 aromatic heterocycles. The average Bonchev–Trinajstić information content (AvgIpc) is 2.36. The van der Waals surface area contributed by atoms with Gasteiger partial charge in [-0.2, -0.15) is 0 Å². The molecule has 2 rings (SSSR count). The molecule has 0 saturated carbocycles. The van der Waals surface area contributed by atoms with E-state index in [1.54, 1.807) is 18.2 Å². The van der Waals surface area contributed by atoms with Crippen LogP contribution in [0.15, 0.2) is 36.4 Å². The number of halogens is 2. The van der Waals surface area contributed by atoms with E-state index in [-0.39, 0.29) is 5.91 Å². The van der Waals surface area contributed by atoms with Crippen molar-refractivity contribution < 1.29 is 4.79 Å². The van der Waals surface area contributed by atoms with E-state index in [2.05, 4.69) is 5.32 Å². The van der Waals surface area contributed by atoms with Crippen molar-refractivity contribution in [2.75, 3.05) is 5.32 Å². The Kier molecular flexibility index (Phi) is 4.13. The first-order valence-corrected chi connectivity index (χ1v) is 6.56. The average molecular weight is 294 g/mol.